The smallest absolute Gasteiger partial charge is 0.330 e. The molecular weight excluding hydrogens is 212 g/mol. The van der Waals surface area contributed by atoms with Crippen molar-refractivity contribution in [2.75, 3.05) is 0 Å². The molecule has 2 nitrogen and oxygen atoms in total. The number of fused-ring (bicyclic) bond motifs is 9. The molecule has 0 spiro atoms. The van der Waals surface area contributed by atoms with Gasteiger partial charge in [-0.2, -0.15) is 0 Å². The number of esters is 1. The first-order valence-electron chi connectivity index (χ1n) is 7.11. The van der Waals surface area contributed by atoms with Gasteiger partial charge >= 0.3 is 5.97 Å². The molecule has 0 N–H and O–H groups in total. The minimum atomic E-state index is -0.220. The van der Waals surface area contributed by atoms with Crippen LogP contribution in [0.4, 0.5) is 0 Å². The molecule has 0 heterocycles. The van der Waals surface area contributed by atoms with Gasteiger partial charge in [-0.25, -0.2) is 4.79 Å². The summed E-state index contributed by atoms with van der Waals surface area (Å²) in [7, 11) is 0. The summed E-state index contributed by atoms with van der Waals surface area (Å²) in [4.78, 5) is 11.4. The van der Waals surface area contributed by atoms with Gasteiger partial charge in [-0.05, 0) is 67.6 Å². The Morgan fingerprint density at radius 3 is 2.59 bits per heavy atom. The molecule has 4 bridgehead atoms. The zero-order valence-electron chi connectivity index (χ0n) is 10.2. The average Bonchev–Trinajstić information content (AvgIpc) is 3.06. The van der Waals surface area contributed by atoms with Crippen LogP contribution in [0.2, 0.25) is 0 Å². The van der Waals surface area contributed by atoms with Gasteiger partial charge in [0.1, 0.15) is 6.10 Å². The van der Waals surface area contributed by atoms with Gasteiger partial charge in [-0.15, -0.1) is 0 Å². The lowest BCUT2D eigenvalue weighted by atomic mass is 9.70. The monoisotopic (exact) mass is 232 g/mol. The van der Waals surface area contributed by atoms with Crippen LogP contribution in [-0.2, 0) is 9.53 Å². The first kappa shape index (κ1) is 10.2. The molecule has 0 aromatic heterocycles. The molecule has 0 aliphatic heterocycles. The van der Waals surface area contributed by atoms with Crippen molar-refractivity contribution in [1.29, 1.82) is 0 Å². The fraction of sp³-hybridized carbons (Fsp3) is 0.800. The minimum Gasteiger partial charge on any atom is -0.459 e. The average molecular weight is 232 g/mol. The van der Waals surface area contributed by atoms with Gasteiger partial charge < -0.3 is 4.74 Å². The lowest BCUT2D eigenvalue weighted by Crippen LogP contribution is -2.37. The third kappa shape index (κ3) is 1.24. The Labute approximate surface area is 102 Å². The van der Waals surface area contributed by atoms with Gasteiger partial charge in [0.25, 0.3) is 0 Å². The quantitative estimate of drug-likeness (QED) is 0.416. The van der Waals surface area contributed by atoms with E-state index in [2.05, 4.69) is 6.58 Å². The topological polar surface area (TPSA) is 26.3 Å². The van der Waals surface area contributed by atoms with Gasteiger partial charge in [0.15, 0.2) is 0 Å². The molecule has 4 fully saturated rings. The molecule has 0 saturated heterocycles. The minimum absolute atomic E-state index is 0.214. The van der Waals surface area contributed by atoms with Crippen molar-refractivity contribution in [3.8, 4) is 0 Å². The van der Waals surface area contributed by atoms with Crippen LogP contribution in [0, 0.1) is 35.5 Å². The van der Waals surface area contributed by atoms with Crippen LogP contribution in [0.3, 0.4) is 0 Å². The normalized spacial score (nSPS) is 53.8. The van der Waals surface area contributed by atoms with E-state index in [0.29, 0.717) is 5.92 Å². The number of carbonyl (C=O) groups is 1. The fourth-order valence-electron chi connectivity index (χ4n) is 5.84. The number of carbonyl (C=O) groups excluding carboxylic acids is 1. The highest BCUT2D eigenvalue weighted by Gasteiger charge is 2.63. The second kappa shape index (κ2) is 3.37. The molecular formula is C15H20O2. The van der Waals surface area contributed by atoms with Crippen LogP contribution < -0.4 is 0 Å². The Morgan fingerprint density at radius 1 is 1.06 bits per heavy atom. The first-order chi connectivity index (χ1) is 8.28. The molecule has 92 valence electrons. The second-order valence-corrected chi connectivity index (χ2v) is 6.56. The summed E-state index contributed by atoms with van der Waals surface area (Å²) in [5.74, 6) is 5.21. The molecule has 4 saturated carbocycles. The molecule has 4 aliphatic rings. The Kier molecular flexibility index (Phi) is 2.01. The van der Waals surface area contributed by atoms with Crippen molar-refractivity contribution in [2.45, 2.75) is 38.2 Å². The molecule has 7 unspecified atom stereocenters. The van der Waals surface area contributed by atoms with Crippen molar-refractivity contribution >= 4 is 5.97 Å². The van der Waals surface area contributed by atoms with Crippen LogP contribution in [0.15, 0.2) is 12.7 Å². The van der Waals surface area contributed by atoms with E-state index in [9.17, 15) is 4.79 Å². The van der Waals surface area contributed by atoms with Gasteiger partial charge in [-0.1, -0.05) is 6.58 Å². The van der Waals surface area contributed by atoms with Crippen LogP contribution in [0.1, 0.15) is 32.1 Å². The van der Waals surface area contributed by atoms with E-state index < -0.39 is 0 Å². The lowest BCUT2D eigenvalue weighted by Gasteiger charge is -2.38. The summed E-state index contributed by atoms with van der Waals surface area (Å²) in [6.07, 6.45) is 8.38. The lowest BCUT2D eigenvalue weighted by molar-refractivity contribution is -0.147. The highest BCUT2D eigenvalue weighted by atomic mass is 16.5. The van der Waals surface area contributed by atoms with E-state index in [-0.39, 0.29) is 12.1 Å². The van der Waals surface area contributed by atoms with E-state index in [1.807, 2.05) is 0 Å². The summed E-state index contributed by atoms with van der Waals surface area (Å²) in [6, 6.07) is 0. The van der Waals surface area contributed by atoms with E-state index in [1.165, 1.54) is 31.8 Å². The molecule has 2 heteroatoms. The van der Waals surface area contributed by atoms with Crippen LogP contribution >= 0.6 is 0 Å². The van der Waals surface area contributed by atoms with Gasteiger partial charge in [0.2, 0.25) is 0 Å². The maximum absolute atomic E-state index is 11.4. The Balaban J connectivity index is 1.55. The third-order valence-corrected chi connectivity index (χ3v) is 6.11. The van der Waals surface area contributed by atoms with Crippen LogP contribution in [-0.4, -0.2) is 12.1 Å². The molecule has 17 heavy (non-hydrogen) atoms. The van der Waals surface area contributed by atoms with Gasteiger partial charge in [0, 0.05) is 6.08 Å². The Morgan fingerprint density at radius 2 is 1.82 bits per heavy atom. The van der Waals surface area contributed by atoms with Crippen molar-refractivity contribution < 1.29 is 9.53 Å². The fourth-order valence-corrected chi connectivity index (χ4v) is 5.84. The molecule has 0 aromatic carbocycles. The highest BCUT2D eigenvalue weighted by Crippen LogP contribution is 2.67. The summed E-state index contributed by atoms with van der Waals surface area (Å²) in [5.41, 5.74) is 0. The number of hydrogen-bond donors (Lipinski definition) is 0. The van der Waals surface area contributed by atoms with Crippen molar-refractivity contribution in [3.05, 3.63) is 12.7 Å². The summed E-state index contributed by atoms with van der Waals surface area (Å²) in [6.45, 7) is 3.49. The molecule has 0 aromatic rings. The van der Waals surface area contributed by atoms with Crippen molar-refractivity contribution in [3.63, 3.8) is 0 Å². The predicted octanol–water partition coefficient (Wildman–Crippen LogP) is 2.79. The molecule has 4 rings (SSSR count). The van der Waals surface area contributed by atoms with Crippen LogP contribution in [0.25, 0.3) is 0 Å². The molecule has 7 atom stereocenters. The van der Waals surface area contributed by atoms with Crippen LogP contribution in [0.5, 0.6) is 0 Å². The zero-order valence-corrected chi connectivity index (χ0v) is 10.2. The maximum Gasteiger partial charge on any atom is 0.330 e. The molecule has 0 amide bonds. The zero-order chi connectivity index (χ0) is 11.6. The number of rotatable bonds is 2. The van der Waals surface area contributed by atoms with E-state index in [1.54, 1.807) is 0 Å². The second-order valence-electron chi connectivity index (χ2n) is 6.56. The van der Waals surface area contributed by atoms with Gasteiger partial charge in [-0.3, -0.25) is 0 Å². The summed E-state index contributed by atoms with van der Waals surface area (Å²) in [5, 5.41) is 0. The standard InChI is InChI=1S/C15H20O2/c1-2-13(16)17-12-7-10-6-11(12)15-9-4-3-8(5-9)14(10)15/h2,8-12,14-15H,1,3-7H2. The summed E-state index contributed by atoms with van der Waals surface area (Å²) >= 11 is 0. The maximum atomic E-state index is 11.4. The first-order valence-corrected chi connectivity index (χ1v) is 7.11. The van der Waals surface area contributed by atoms with E-state index >= 15 is 0 Å². The van der Waals surface area contributed by atoms with E-state index in [0.717, 1.165) is 36.0 Å². The molecule has 0 radical (unpaired) electrons. The summed E-state index contributed by atoms with van der Waals surface area (Å²) < 4.78 is 5.55. The third-order valence-electron chi connectivity index (χ3n) is 6.11. The predicted molar refractivity (Wildman–Crippen MR) is 64.1 cm³/mol. The SMILES string of the molecule is C=CC(=O)OC1CC2CC1C1C3CCC(C3)C21. The Hall–Kier alpha value is -0.790. The number of hydrogen-bond acceptors (Lipinski definition) is 2. The molecule has 4 aliphatic carbocycles. The highest BCUT2D eigenvalue weighted by molar-refractivity contribution is 5.81. The van der Waals surface area contributed by atoms with Gasteiger partial charge in [0.05, 0.1) is 0 Å². The number of ether oxygens (including phenoxy) is 1. The largest absolute Gasteiger partial charge is 0.459 e. The van der Waals surface area contributed by atoms with E-state index in [4.69, 9.17) is 4.74 Å². The Bertz CT molecular complexity index is 375. The van der Waals surface area contributed by atoms with Crippen molar-refractivity contribution in [2.24, 2.45) is 35.5 Å². The van der Waals surface area contributed by atoms with Crippen molar-refractivity contribution in [1.82, 2.24) is 0 Å².